The van der Waals surface area contributed by atoms with E-state index in [1.54, 1.807) is 36.8 Å². The van der Waals surface area contributed by atoms with E-state index in [0.717, 1.165) is 22.1 Å². The number of pyridine rings is 3. The normalized spacial score (nSPS) is 11.1. The van der Waals surface area contributed by atoms with Crippen LogP contribution in [-0.4, -0.2) is 25.1 Å². The molecule has 5 rings (SSSR count). The first-order valence-corrected chi connectivity index (χ1v) is 10.0. The maximum Gasteiger partial charge on any atom is 0.160 e. The van der Waals surface area contributed by atoms with Crippen molar-refractivity contribution in [2.75, 3.05) is 0 Å². The largest absolute Gasteiger partial charge is 0.263 e. The van der Waals surface area contributed by atoms with Crippen LogP contribution in [0.2, 0.25) is 10.2 Å². The van der Waals surface area contributed by atoms with E-state index in [0.29, 0.717) is 32.8 Å². The Morgan fingerprint density at radius 1 is 0.774 bits per heavy atom. The van der Waals surface area contributed by atoms with Gasteiger partial charge in [0.15, 0.2) is 10.8 Å². The minimum Gasteiger partial charge on any atom is -0.263 e. The second-order valence-electron chi connectivity index (χ2n) is 6.76. The Kier molecular flexibility index (Phi) is 5.02. The number of nitrogens with zero attached hydrogens (tertiary/aromatic N) is 5. The van der Waals surface area contributed by atoms with E-state index in [1.165, 1.54) is 12.1 Å². The molecule has 0 aliphatic carbocycles. The number of rotatable bonds is 3. The first-order valence-electron chi connectivity index (χ1n) is 9.25. The van der Waals surface area contributed by atoms with Crippen molar-refractivity contribution in [3.05, 3.63) is 89.2 Å². The Morgan fingerprint density at radius 3 is 2.48 bits per heavy atom. The minimum absolute atomic E-state index is 0.300. The Labute approximate surface area is 186 Å². The Balaban J connectivity index is 1.72. The van der Waals surface area contributed by atoms with Crippen molar-refractivity contribution in [1.29, 1.82) is 0 Å². The summed E-state index contributed by atoms with van der Waals surface area (Å²) in [6.07, 6.45) is 5.07. The van der Waals surface area contributed by atoms with Gasteiger partial charge in [0.1, 0.15) is 5.82 Å². The number of aromatic nitrogens is 5. The predicted octanol–water partition coefficient (Wildman–Crippen LogP) is 6.26. The molecule has 0 saturated heterocycles. The molecular formula is C23H12Cl2FN5. The molecule has 0 radical (unpaired) electrons. The molecule has 0 bridgehead atoms. The van der Waals surface area contributed by atoms with Crippen LogP contribution >= 0.6 is 23.2 Å². The van der Waals surface area contributed by atoms with Gasteiger partial charge in [-0.25, -0.2) is 14.4 Å². The van der Waals surface area contributed by atoms with Gasteiger partial charge in [-0.2, -0.15) is 0 Å². The summed E-state index contributed by atoms with van der Waals surface area (Å²) in [5.41, 5.74) is 4.24. The summed E-state index contributed by atoms with van der Waals surface area (Å²) >= 11 is 11.9. The number of benzene rings is 1. The van der Waals surface area contributed by atoms with Crippen molar-refractivity contribution >= 4 is 34.2 Å². The zero-order chi connectivity index (χ0) is 21.4. The zero-order valence-electron chi connectivity index (χ0n) is 15.8. The molecule has 31 heavy (non-hydrogen) atoms. The predicted molar refractivity (Wildman–Crippen MR) is 119 cm³/mol. The van der Waals surface area contributed by atoms with Crippen molar-refractivity contribution in [3.63, 3.8) is 0 Å². The van der Waals surface area contributed by atoms with Crippen LogP contribution in [0.5, 0.6) is 0 Å². The van der Waals surface area contributed by atoms with E-state index in [4.69, 9.17) is 23.2 Å². The molecule has 150 valence electrons. The summed E-state index contributed by atoms with van der Waals surface area (Å²) < 4.78 is 14.6. The number of hydrogen-bond acceptors (Lipinski definition) is 5. The van der Waals surface area contributed by atoms with E-state index >= 15 is 0 Å². The monoisotopic (exact) mass is 447 g/mol. The third-order valence-electron chi connectivity index (χ3n) is 4.77. The van der Waals surface area contributed by atoms with Crippen LogP contribution in [-0.2, 0) is 0 Å². The van der Waals surface area contributed by atoms with Gasteiger partial charge in [-0.05, 0) is 60.2 Å². The lowest BCUT2D eigenvalue weighted by Gasteiger charge is -2.11. The molecule has 0 fully saturated rings. The lowest BCUT2D eigenvalue weighted by Crippen LogP contribution is -1.95. The standard InChI is InChI=1S/C23H12Cl2FN5/c24-15-3-4-19(26)18(9-15)21-10-17(16-2-1-7-28-23(16)29-21)13-8-14(12-27-11-13)20-5-6-22(25)31-30-20/h1-12H. The summed E-state index contributed by atoms with van der Waals surface area (Å²) in [5.74, 6) is -0.415. The van der Waals surface area contributed by atoms with E-state index in [-0.39, 0.29) is 0 Å². The minimum atomic E-state index is -0.415. The summed E-state index contributed by atoms with van der Waals surface area (Å²) in [6, 6.07) is 15.3. The molecule has 0 amide bonds. The molecule has 5 nitrogen and oxygen atoms in total. The van der Waals surface area contributed by atoms with E-state index in [9.17, 15) is 4.39 Å². The van der Waals surface area contributed by atoms with E-state index < -0.39 is 5.82 Å². The molecule has 0 spiro atoms. The SMILES string of the molecule is Fc1ccc(Cl)cc1-c1cc(-c2cncc(-c3ccc(Cl)nn3)c2)c2cccnc2n1. The van der Waals surface area contributed by atoms with Crippen LogP contribution in [0.4, 0.5) is 4.39 Å². The summed E-state index contributed by atoms with van der Waals surface area (Å²) in [7, 11) is 0. The van der Waals surface area contributed by atoms with Gasteiger partial charge in [0.2, 0.25) is 0 Å². The molecule has 5 aromatic rings. The Bertz CT molecular complexity index is 1420. The van der Waals surface area contributed by atoms with Crippen molar-refractivity contribution in [2.45, 2.75) is 0 Å². The lowest BCUT2D eigenvalue weighted by molar-refractivity contribution is 0.631. The van der Waals surface area contributed by atoms with Crippen molar-refractivity contribution in [1.82, 2.24) is 25.1 Å². The van der Waals surface area contributed by atoms with Crippen molar-refractivity contribution < 1.29 is 4.39 Å². The first kappa shape index (κ1) is 19.5. The molecule has 1 aromatic carbocycles. The fourth-order valence-electron chi connectivity index (χ4n) is 3.32. The average Bonchev–Trinajstić information content (AvgIpc) is 2.80. The fourth-order valence-corrected chi connectivity index (χ4v) is 3.60. The molecule has 0 saturated carbocycles. The van der Waals surface area contributed by atoms with Crippen LogP contribution in [0.1, 0.15) is 0 Å². The number of halogens is 3. The zero-order valence-corrected chi connectivity index (χ0v) is 17.3. The molecule has 0 unspecified atom stereocenters. The molecule has 0 aliphatic rings. The second-order valence-corrected chi connectivity index (χ2v) is 7.58. The lowest BCUT2D eigenvalue weighted by atomic mass is 9.99. The first-order chi connectivity index (χ1) is 15.1. The summed E-state index contributed by atoms with van der Waals surface area (Å²) in [5, 5.41) is 9.56. The maximum atomic E-state index is 14.6. The highest BCUT2D eigenvalue weighted by Gasteiger charge is 2.14. The third kappa shape index (κ3) is 3.83. The highest BCUT2D eigenvalue weighted by molar-refractivity contribution is 6.30. The van der Waals surface area contributed by atoms with Crippen molar-refractivity contribution in [2.24, 2.45) is 0 Å². The van der Waals surface area contributed by atoms with Gasteiger partial charge in [0, 0.05) is 45.7 Å². The molecule has 4 aromatic heterocycles. The summed E-state index contributed by atoms with van der Waals surface area (Å²) in [4.78, 5) is 13.3. The van der Waals surface area contributed by atoms with Gasteiger partial charge in [0.05, 0.1) is 11.4 Å². The van der Waals surface area contributed by atoms with E-state index in [2.05, 4.69) is 25.1 Å². The Morgan fingerprint density at radius 2 is 1.65 bits per heavy atom. The molecular weight excluding hydrogens is 436 g/mol. The molecule has 0 aliphatic heterocycles. The maximum absolute atomic E-state index is 14.6. The van der Waals surface area contributed by atoms with Gasteiger partial charge in [-0.3, -0.25) is 4.98 Å². The van der Waals surface area contributed by atoms with Gasteiger partial charge >= 0.3 is 0 Å². The van der Waals surface area contributed by atoms with Gasteiger partial charge in [-0.15, -0.1) is 10.2 Å². The molecule has 8 heteroatoms. The molecule has 4 heterocycles. The highest BCUT2D eigenvalue weighted by Crippen LogP contribution is 2.34. The van der Waals surface area contributed by atoms with Crippen LogP contribution in [0.25, 0.3) is 44.7 Å². The average molecular weight is 448 g/mol. The fraction of sp³-hybridized carbons (Fsp3) is 0. The van der Waals surface area contributed by atoms with Crippen LogP contribution in [0.15, 0.2) is 73.2 Å². The van der Waals surface area contributed by atoms with Crippen molar-refractivity contribution in [3.8, 4) is 33.6 Å². The third-order valence-corrected chi connectivity index (χ3v) is 5.20. The number of hydrogen-bond donors (Lipinski definition) is 0. The van der Waals surface area contributed by atoms with Gasteiger partial charge in [0.25, 0.3) is 0 Å². The second kappa shape index (κ2) is 7.98. The molecule has 0 N–H and O–H groups in total. The highest BCUT2D eigenvalue weighted by atomic mass is 35.5. The summed E-state index contributed by atoms with van der Waals surface area (Å²) in [6.45, 7) is 0. The topological polar surface area (TPSA) is 64.5 Å². The smallest absolute Gasteiger partial charge is 0.160 e. The van der Waals surface area contributed by atoms with Crippen LogP contribution in [0.3, 0.4) is 0 Å². The Hall–Kier alpha value is -3.48. The van der Waals surface area contributed by atoms with Gasteiger partial charge < -0.3 is 0 Å². The van der Waals surface area contributed by atoms with Gasteiger partial charge in [-0.1, -0.05) is 23.2 Å². The quantitative estimate of drug-likeness (QED) is 0.326. The van der Waals surface area contributed by atoms with Crippen LogP contribution in [0, 0.1) is 5.82 Å². The van der Waals surface area contributed by atoms with E-state index in [1.807, 2.05) is 24.3 Å². The van der Waals surface area contributed by atoms with Crippen LogP contribution < -0.4 is 0 Å². The molecule has 0 atom stereocenters. The number of fused-ring (bicyclic) bond motifs is 1.